The van der Waals surface area contributed by atoms with Gasteiger partial charge in [-0.2, -0.15) is 22.3 Å². The van der Waals surface area contributed by atoms with Crippen LogP contribution < -0.4 is 24.8 Å². The van der Waals surface area contributed by atoms with Crippen LogP contribution in [0, 0.1) is 13.8 Å². The monoisotopic (exact) mass is 435 g/mol. The molecule has 0 atom stereocenters. The van der Waals surface area contributed by atoms with E-state index in [1.54, 1.807) is 11.0 Å². The first kappa shape index (κ1) is 22.8. The molecule has 1 heterocycles. The smallest absolute Gasteiger partial charge is 1.00 e. The fraction of sp³-hybridized carbons (Fsp3) is 0.111. The van der Waals surface area contributed by atoms with Gasteiger partial charge in [0.2, 0.25) is 0 Å². The van der Waals surface area contributed by atoms with Gasteiger partial charge in [-0.15, -0.1) is 41.1 Å². The molecule has 6 heteroatoms. The molecule has 0 spiro atoms. The zero-order valence-electron chi connectivity index (χ0n) is 13.4. The van der Waals surface area contributed by atoms with Gasteiger partial charge in [0.15, 0.2) is 0 Å². The van der Waals surface area contributed by atoms with Crippen LogP contribution >= 0.6 is 0 Å². The Morgan fingerprint density at radius 1 is 1.08 bits per heavy atom. The first-order valence-electron chi connectivity index (χ1n) is 6.93. The standard InChI is InChI=1S/C11H8N3.C7H9.2ClH.Zr/c1-2-4-10-6-11(5-9(10)3-1)14-8-12-7-13-14;1-6-4-3-5-7(6)2;;;/h1-8H;3-5H,1-2H3;2*1H;/q2*-1;;;+4/p-2. The zero-order chi connectivity index (χ0) is 14.7. The van der Waals surface area contributed by atoms with Crippen molar-refractivity contribution >= 4 is 10.8 Å². The molecule has 0 fully saturated rings. The van der Waals surface area contributed by atoms with Gasteiger partial charge in [0, 0.05) is 0 Å². The van der Waals surface area contributed by atoms with Crippen molar-refractivity contribution in [2.75, 3.05) is 0 Å². The zero-order valence-corrected chi connectivity index (χ0v) is 17.4. The van der Waals surface area contributed by atoms with Crippen LogP contribution in [-0.2, 0) is 26.2 Å². The minimum atomic E-state index is 0. The van der Waals surface area contributed by atoms with Crippen LogP contribution in [0.15, 0.2) is 67.3 Å². The van der Waals surface area contributed by atoms with Crippen molar-refractivity contribution in [2.45, 2.75) is 13.8 Å². The molecule has 3 aromatic carbocycles. The van der Waals surface area contributed by atoms with Gasteiger partial charge in [0.05, 0.1) is 0 Å². The number of rotatable bonds is 1. The number of benzene rings is 1. The maximum Gasteiger partial charge on any atom is 4.00 e. The Morgan fingerprint density at radius 3 is 2.33 bits per heavy atom. The summed E-state index contributed by atoms with van der Waals surface area (Å²) in [6.07, 6.45) is 3.24. The van der Waals surface area contributed by atoms with Crippen LogP contribution in [-0.4, -0.2) is 14.8 Å². The van der Waals surface area contributed by atoms with E-state index in [4.69, 9.17) is 0 Å². The van der Waals surface area contributed by atoms with E-state index in [0.29, 0.717) is 0 Å². The van der Waals surface area contributed by atoms with Crippen molar-refractivity contribution in [3.8, 4) is 5.69 Å². The summed E-state index contributed by atoms with van der Waals surface area (Å²) in [7, 11) is 0. The van der Waals surface area contributed by atoms with E-state index in [-0.39, 0.29) is 51.0 Å². The van der Waals surface area contributed by atoms with Crippen LogP contribution in [0.3, 0.4) is 0 Å². The van der Waals surface area contributed by atoms with Gasteiger partial charge >= 0.3 is 26.2 Å². The van der Waals surface area contributed by atoms with Crippen molar-refractivity contribution < 1.29 is 51.0 Å². The number of nitrogens with zero attached hydrogens (tertiary/aromatic N) is 3. The Kier molecular flexibility index (Phi) is 10.1. The third-order valence-corrected chi connectivity index (χ3v) is 3.60. The summed E-state index contributed by atoms with van der Waals surface area (Å²) >= 11 is 0. The van der Waals surface area contributed by atoms with E-state index in [1.165, 1.54) is 28.2 Å². The summed E-state index contributed by atoms with van der Waals surface area (Å²) in [4.78, 5) is 3.92. The first-order valence-corrected chi connectivity index (χ1v) is 6.93. The Labute approximate surface area is 173 Å². The Balaban J connectivity index is 0.000000463. The molecule has 4 rings (SSSR count). The summed E-state index contributed by atoms with van der Waals surface area (Å²) in [5.41, 5.74) is 3.84. The first-order chi connectivity index (χ1) is 10.2. The van der Waals surface area contributed by atoms with Gasteiger partial charge in [0.1, 0.15) is 12.7 Å². The summed E-state index contributed by atoms with van der Waals surface area (Å²) in [6, 6.07) is 18.8. The van der Waals surface area contributed by atoms with Crippen molar-refractivity contribution in [1.29, 1.82) is 0 Å². The average Bonchev–Trinajstić information content (AvgIpc) is 3.21. The quantitative estimate of drug-likeness (QED) is 0.328. The molecule has 0 aliphatic heterocycles. The third kappa shape index (κ3) is 5.41. The second-order valence-electron chi connectivity index (χ2n) is 5.07. The average molecular weight is 437 g/mol. The van der Waals surface area contributed by atoms with Crippen molar-refractivity contribution in [3.63, 3.8) is 0 Å². The predicted molar refractivity (Wildman–Crippen MR) is 86.0 cm³/mol. The Morgan fingerprint density at radius 2 is 1.83 bits per heavy atom. The Bertz CT molecular complexity index is 785. The van der Waals surface area contributed by atoms with E-state index >= 15 is 0 Å². The molecule has 0 saturated heterocycles. The second kappa shape index (κ2) is 10.6. The fourth-order valence-electron chi connectivity index (χ4n) is 2.21. The number of hydrogen-bond acceptors (Lipinski definition) is 2. The number of aryl methyl sites for hydroxylation is 2. The van der Waals surface area contributed by atoms with Gasteiger partial charge in [-0.25, -0.2) is 21.8 Å². The summed E-state index contributed by atoms with van der Waals surface area (Å²) in [5.74, 6) is 0. The molecule has 1 aromatic heterocycles. The molecule has 0 saturated carbocycles. The van der Waals surface area contributed by atoms with E-state index in [0.717, 1.165) is 5.69 Å². The molecular formula is C18H17Cl2N3Zr. The topological polar surface area (TPSA) is 30.7 Å². The predicted octanol–water partition coefficient (Wildman–Crippen LogP) is -1.83. The number of hydrogen-bond donors (Lipinski definition) is 0. The van der Waals surface area contributed by atoms with Crippen LogP contribution in [0.25, 0.3) is 16.5 Å². The summed E-state index contributed by atoms with van der Waals surface area (Å²) < 4.78 is 1.76. The Hall–Kier alpha value is -1.22. The van der Waals surface area contributed by atoms with E-state index in [1.807, 2.05) is 12.1 Å². The van der Waals surface area contributed by atoms with Gasteiger partial charge < -0.3 is 24.8 Å². The molecule has 24 heavy (non-hydrogen) atoms. The maximum absolute atomic E-state index is 4.09. The molecule has 0 aliphatic rings. The van der Waals surface area contributed by atoms with Crippen molar-refractivity contribution in [2.24, 2.45) is 0 Å². The van der Waals surface area contributed by atoms with E-state index in [9.17, 15) is 0 Å². The molecule has 0 radical (unpaired) electrons. The second-order valence-corrected chi connectivity index (χ2v) is 5.07. The third-order valence-electron chi connectivity index (χ3n) is 3.60. The fourth-order valence-corrected chi connectivity index (χ4v) is 2.21. The number of halogens is 2. The molecule has 0 unspecified atom stereocenters. The molecule has 0 aliphatic carbocycles. The normalized spacial score (nSPS) is 9.08. The van der Waals surface area contributed by atoms with Gasteiger partial charge in [0.25, 0.3) is 0 Å². The molecular weight excluding hydrogens is 420 g/mol. The molecule has 3 nitrogen and oxygen atoms in total. The SMILES string of the molecule is Cc1ccc[c-]1C.[Cl-].[Cl-].[Zr+4].c1ccc2[cH-]c(-n3cncn3)cc2c1. The summed E-state index contributed by atoms with van der Waals surface area (Å²) in [6.45, 7) is 4.24. The molecule has 4 aromatic rings. The van der Waals surface area contributed by atoms with Crippen LogP contribution in [0.1, 0.15) is 11.1 Å². The molecule has 0 amide bonds. The number of fused-ring (bicyclic) bond motifs is 1. The maximum atomic E-state index is 4.09. The van der Waals surface area contributed by atoms with Crippen LogP contribution in [0.4, 0.5) is 0 Å². The molecule has 0 bridgehead atoms. The molecule has 122 valence electrons. The van der Waals surface area contributed by atoms with Crippen molar-refractivity contribution in [3.05, 3.63) is 78.4 Å². The van der Waals surface area contributed by atoms with Gasteiger partial charge in [-0.05, 0) is 5.69 Å². The van der Waals surface area contributed by atoms with Crippen LogP contribution in [0.2, 0.25) is 0 Å². The number of aromatic nitrogens is 3. The minimum absolute atomic E-state index is 0. The van der Waals surface area contributed by atoms with E-state index < -0.39 is 0 Å². The van der Waals surface area contributed by atoms with Crippen LogP contribution in [0.5, 0.6) is 0 Å². The van der Waals surface area contributed by atoms with Gasteiger partial charge in [-0.3, -0.25) is 0 Å². The molecule has 0 N–H and O–H groups in total. The largest absolute Gasteiger partial charge is 4.00 e. The van der Waals surface area contributed by atoms with E-state index in [2.05, 4.69) is 66.4 Å². The summed E-state index contributed by atoms with van der Waals surface area (Å²) in [5, 5.41) is 6.56. The van der Waals surface area contributed by atoms with Crippen molar-refractivity contribution in [1.82, 2.24) is 14.8 Å². The van der Waals surface area contributed by atoms with Gasteiger partial charge in [-0.1, -0.05) is 19.9 Å². The minimum Gasteiger partial charge on any atom is -1.00 e.